The van der Waals surface area contributed by atoms with E-state index >= 15 is 0 Å². The van der Waals surface area contributed by atoms with Gasteiger partial charge in [-0.15, -0.1) is 0 Å². The van der Waals surface area contributed by atoms with Gasteiger partial charge >= 0.3 is 0 Å². The Morgan fingerprint density at radius 1 is 0.377 bits per heavy atom. The molecular formula is C58H40N2O. The van der Waals surface area contributed by atoms with Crippen LogP contribution in [-0.4, -0.2) is 4.98 Å². The van der Waals surface area contributed by atoms with Crippen molar-refractivity contribution in [3.8, 4) is 56.0 Å². The van der Waals surface area contributed by atoms with Gasteiger partial charge in [0.1, 0.15) is 5.52 Å². The summed E-state index contributed by atoms with van der Waals surface area (Å²) in [6, 6.07) is 82.3. The molecule has 0 N–H and O–H groups in total. The number of anilines is 2. The van der Waals surface area contributed by atoms with Crippen molar-refractivity contribution in [1.29, 1.82) is 0 Å². The van der Waals surface area contributed by atoms with Crippen molar-refractivity contribution in [2.75, 3.05) is 4.90 Å². The molecule has 11 rings (SSSR count). The van der Waals surface area contributed by atoms with Crippen LogP contribution in [0.5, 0.6) is 0 Å². The number of nitrogens with zero attached hydrogens (tertiary/aromatic N) is 2. The van der Waals surface area contributed by atoms with E-state index in [1.807, 2.05) is 30.3 Å². The summed E-state index contributed by atoms with van der Waals surface area (Å²) in [5.74, 6) is 0.620. The monoisotopic (exact) mass is 780 g/mol. The fourth-order valence-corrected chi connectivity index (χ4v) is 8.82. The molecule has 0 bridgehead atoms. The molecule has 11 aromatic rings. The Labute approximate surface area is 355 Å². The number of oxazole rings is 1. The van der Waals surface area contributed by atoms with Crippen molar-refractivity contribution in [3.63, 3.8) is 0 Å². The van der Waals surface area contributed by atoms with E-state index in [0.717, 1.165) is 61.1 Å². The minimum absolute atomic E-state index is 0.620. The molecular weight excluding hydrogens is 741 g/mol. The molecule has 0 aliphatic heterocycles. The maximum absolute atomic E-state index is 6.66. The van der Waals surface area contributed by atoms with Crippen molar-refractivity contribution < 1.29 is 4.42 Å². The Bertz CT molecular complexity index is 3310. The average Bonchev–Trinajstić information content (AvgIpc) is 3.79. The van der Waals surface area contributed by atoms with E-state index in [1.165, 1.54) is 38.6 Å². The molecule has 288 valence electrons. The molecule has 0 spiro atoms. The van der Waals surface area contributed by atoms with E-state index in [9.17, 15) is 0 Å². The van der Waals surface area contributed by atoms with Crippen LogP contribution in [0.3, 0.4) is 0 Å². The van der Waals surface area contributed by atoms with Gasteiger partial charge in [-0.25, -0.2) is 4.98 Å². The summed E-state index contributed by atoms with van der Waals surface area (Å²) < 4.78 is 6.66. The van der Waals surface area contributed by atoms with Gasteiger partial charge in [0, 0.05) is 28.9 Å². The lowest BCUT2D eigenvalue weighted by Crippen LogP contribution is -2.17. The highest BCUT2D eigenvalue weighted by molar-refractivity contribution is 6.13. The second-order valence-electron chi connectivity index (χ2n) is 15.5. The Hall–Kier alpha value is -8.01. The van der Waals surface area contributed by atoms with Crippen molar-refractivity contribution in [3.05, 3.63) is 236 Å². The van der Waals surface area contributed by atoms with E-state index in [0.29, 0.717) is 12.4 Å². The molecule has 61 heavy (non-hydrogen) atoms. The highest BCUT2D eigenvalue weighted by Crippen LogP contribution is 2.43. The molecule has 0 radical (unpaired) electrons. The van der Waals surface area contributed by atoms with Crippen LogP contribution in [-0.2, 0) is 6.54 Å². The van der Waals surface area contributed by atoms with Crippen molar-refractivity contribution in [2.24, 2.45) is 0 Å². The molecule has 1 heterocycles. The Balaban J connectivity index is 1.09. The summed E-state index contributed by atoms with van der Waals surface area (Å²) in [5.41, 5.74) is 15.4. The van der Waals surface area contributed by atoms with E-state index < -0.39 is 0 Å². The molecule has 0 atom stereocenters. The maximum atomic E-state index is 6.66. The van der Waals surface area contributed by atoms with Gasteiger partial charge in [0.15, 0.2) is 5.58 Å². The molecule has 1 aromatic heterocycles. The first-order valence-corrected chi connectivity index (χ1v) is 20.8. The molecule has 0 saturated carbocycles. The van der Waals surface area contributed by atoms with E-state index in [-0.39, 0.29) is 0 Å². The van der Waals surface area contributed by atoms with Gasteiger partial charge in [-0.2, -0.15) is 0 Å². The SMILES string of the molecule is c1ccc(-c2ccc(N(Cc3ccccc3-c3cccc4ccccc34)c3ccc(-c4cccc5ccc6nc(-c7ccccc7)oc6c45)c(-c4ccccc4)c3)cc2)cc1. The highest BCUT2D eigenvalue weighted by Gasteiger charge is 2.21. The van der Waals surface area contributed by atoms with E-state index in [1.54, 1.807) is 0 Å². The smallest absolute Gasteiger partial charge is 0.227 e. The predicted octanol–water partition coefficient (Wildman–Crippen LogP) is 15.8. The Morgan fingerprint density at radius 2 is 0.967 bits per heavy atom. The normalized spacial score (nSPS) is 11.3. The van der Waals surface area contributed by atoms with Gasteiger partial charge in [-0.1, -0.05) is 188 Å². The Kier molecular flexibility index (Phi) is 9.25. The third kappa shape index (κ3) is 6.82. The molecule has 3 nitrogen and oxygen atoms in total. The number of fused-ring (bicyclic) bond motifs is 4. The number of aromatic nitrogens is 1. The summed E-state index contributed by atoms with van der Waals surface area (Å²) >= 11 is 0. The summed E-state index contributed by atoms with van der Waals surface area (Å²) in [7, 11) is 0. The molecule has 10 aromatic carbocycles. The zero-order chi connectivity index (χ0) is 40.5. The lowest BCUT2D eigenvalue weighted by atomic mass is 9.90. The van der Waals surface area contributed by atoms with Crippen LogP contribution in [0, 0.1) is 0 Å². The van der Waals surface area contributed by atoms with Gasteiger partial charge in [0.2, 0.25) is 5.89 Å². The number of rotatable bonds is 9. The molecule has 0 unspecified atom stereocenters. The third-order valence-corrected chi connectivity index (χ3v) is 11.8. The van der Waals surface area contributed by atoms with Crippen LogP contribution in [0.25, 0.3) is 88.6 Å². The summed E-state index contributed by atoms with van der Waals surface area (Å²) in [5, 5.41) is 4.64. The molecule has 0 saturated heterocycles. The zero-order valence-corrected chi connectivity index (χ0v) is 33.4. The zero-order valence-electron chi connectivity index (χ0n) is 33.4. The predicted molar refractivity (Wildman–Crippen MR) is 255 cm³/mol. The van der Waals surface area contributed by atoms with Crippen LogP contribution in [0.15, 0.2) is 235 Å². The van der Waals surface area contributed by atoms with E-state index in [4.69, 9.17) is 9.40 Å². The van der Waals surface area contributed by atoms with Crippen LogP contribution in [0.2, 0.25) is 0 Å². The summed E-state index contributed by atoms with van der Waals surface area (Å²) in [4.78, 5) is 7.41. The second-order valence-corrected chi connectivity index (χ2v) is 15.5. The molecule has 3 heteroatoms. The van der Waals surface area contributed by atoms with Gasteiger partial charge in [-0.3, -0.25) is 0 Å². The molecule has 0 amide bonds. The van der Waals surface area contributed by atoms with Gasteiger partial charge in [-0.05, 0) is 109 Å². The molecule has 0 aliphatic rings. The minimum Gasteiger partial charge on any atom is -0.435 e. The van der Waals surface area contributed by atoms with Crippen molar-refractivity contribution in [1.82, 2.24) is 4.98 Å². The number of hydrogen-bond donors (Lipinski definition) is 0. The second kappa shape index (κ2) is 15.6. The summed E-state index contributed by atoms with van der Waals surface area (Å²) in [6.45, 7) is 0.660. The quantitative estimate of drug-likeness (QED) is 0.146. The molecule has 0 fully saturated rings. The topological polar surface area (TPSA) is 29.3 Å². The fourth-order valence-electron chi connectivity index (χ4n) is 8.82. The first-order valence-electron chi connectivity index (χ1n) is 20.8. The van der Waals surface area contributed by atoms with Crippen LogP contribution in [0.4, 0.5) is 11.4 Å². The van der Waals surface area contributed by atoms with Crippen molar-refractivity contribution in [2.45, 2.75) is 6.54 Å². The van der Waals surface area contributed by atoms with Crippen molar-refractivity contribution >= 4 is 44.0 Å². The van der Waals surface area contributed by atoms with Crippen LogP contribution >= 0.6 is 0 Å². The number of benzene rings is 10. The standard InChI is InChI=1S/C58H40N2O/c1-4-16-40(17-5-1)41-30-33-47(34-31-41)60(39-46-23-11-13-27-50(46)51-28-14-24-42-20-10-12-26-49(42)51)48-35-36-52(54(38-48)43-18-6-2-7-19-43)53-29-15-25-44-32-37-55-57(56(44)53)61-58(59-55)45-21-8-3-9-22-45/h1-38H,39H2. The number of hydrogen-bond acceptors (Lipinski definition) is 3. The average molecular weight is 781 g/mol. The largest absolute Gasteiger partial charge is 0.435 e. The first-order chi connectivity index (χ1) is 30.2. The fraction of sp³-hybridized carbons (Fsp3) is 0.0172. The third-order valence-electron chi connectivity index (χ3n) is 11.8. The van der Waals surface area contributed by atoms with Crippen LogP contribution in [0.1, 0.15) is 5.56 Å². The van der Waals surface area contributed by atoms with E-state index in [2.05, 4.69) is 205 Å². The first kappa shape index (κ1) is 36.1. The Morgan fingerprint density at radius 3 is 1.75 bits per heavy atom. The summed E-state index contributed by atoms with van der Waals surface area (Å²) in [6.07, 6.45) is 0. The van der Waals surface area contributed by atoms with Gasteiger partial charge in [0.25, 0.3) is 0 Å². The highest BCUT2D eigenvalue weighted by atomic mass is 16.3. The van der Waals surface area contributed by atoms with Gasteiger partial charge < -0.3 is 9.32 Å². The molecule has 0 aliphatic carbocycles. The lowest BCUT2D eigenvalue weighted by Gasteiger charge is -2.28. The lowest BCUT2D eigenvalue weighted by molar-refractivity contribution is 0.623. The van der Waals surface area contributed by atoms with Crippen LogP contribution < -0.4 is 4.90 Å². The van der Waals surface area contributed by atoms with Gasteiger partial charge in [0.05, 0.1) is 0 Å². The minimum atomic E-state index is 0.620. The maximum Gasteiger partial charge on any atom is 0.227 e.